The Kier molecular flexibility index (Phi) is 4.24. The van der Waals surface area contributed by atoms with E-state index in [2.05, 4.69) is 24.2 Å². The molecule has 1 atom stereocenters. The van der Waals surface area contributed by atoms with Crippen LogP contribution in [0.2, 0.25) is 0 Å². The van der Waals surface area contributed by atoms with E-state index in [1.165, 1.54) is 42.7 Å². The van der Waals surface area contributed by atoms with Crippen LogP contribution < -0.4 is 10.3 Å². The molecule has 5 heteroatoms. The predicted octanol–water partition coefficient (Wildman–Crippen LogP) is 3.18. The molecular formula is C15H24N4S. The highest BCUT2D eigenvalue weighted by Crippen LogP contribution is 2.33. The molecule has 1 aromatic heterocycles. The number of aromatic nitrogens is 1. The Morgan fingerprint density at radius 3 is 3.00 bits per heavy atom. The summed E-state index contributed by atoms with van der Waals surface area (Å²) in [5, 5.41) is 11.4. The molecule has 0 fully saturated rings. The Morgan fingerprint density at radius 1 is 1.35 bits per heavy atom. The number of rotatable bonds is 4. The summed E-state index contributed by atoms with van der Waals surface area (Å²) in [4.78, 5) is 6.30. The van der Waals surface area contributed by atoms with Crippen molar-refractivity contribution in [3.8, 4) is 0 Å². The summed E-state index contributed by atoms with van der Waals surface area (Å²) < 4.78 is 0. The van der Waals surface area contributed by atoms with Gasteiger partial charge in [-0.1, -0.05) is 31.6 Å². The molecule has 1 unspecified atom stereocenters. The van der Waals surface area contributed by atoms with Gasteiger partial charge in [0.25, 0.3) is 0 Å². The fourth-order valence-electron chi connectivity index (χ4n) is 2.79. The highest BCUT2D eigenvalue weighted by molar-refractivity contribution is 7.15. The average Bonchev–Trinajstić information content (AvgIpc) is 3.03. The molecular weight excluding hydrogens is 268 g/mol. The lowest BCUT2D eigenvalue weighted by atomic mass is 10.0. The molecule has 1 aliphatic heterocycles. The van der Waals surface area contributed by atoms with Crippen molar-refractivity contribution in [3.63, 3.8) is 0 Å². The number of aryl methyl sites for hydroxylation is 2. The maximum atomic E-state index is 4.81. The van der Waals surface area contributed by atoms with Crippen LogP contribution in [-0.4, -0.2) is 23.9 Å². The number of amidine groups is 1. The van der Waals surface area contributed by atoms with Crippen LogP contribution in [0.1, 0.15) is 50.1 Å². The molecule has 0 saturated heterocycles. The largest absolute Gasteiger partial charge is 0.372 e. The molecule has 1 aromatic rings. The second kappa shape index (κ2) is 6.12. The summed E-state index contributed by atoms with van der Waals surface area (Å²) in [5.41, 5.74) is 1.33. The van der Waals surface area contributed by atoms with Gasteiger partial charge in [0.2, 0.25) is 5.13 Å². The van der Waals surface area contributed by atoms with Gasteiger partial charge in [-0.15, -0.1) is 0 Å². The molecule has 0 spiro atoms. The lowest BCUT2D eigenvalue weighted by Crippen LogP contribution is -2.28. The topological polar surface area (TPSA) is 40.5 Å². The van der Waals surface area contributed by atoms with Crippen LogP contribution in [0.15, 0.2) is 5.10 Å². The average molecular weight is 292 g/mol. The number of thiazole rings is 1. The summed E-state index contributed by atoms with van der Waals surface area (Å²) in [5.74, 6) is 1.61. The molecule has 0 saturated carbocycles. The van der Waals surface area contributed by atoms with E-state index in [1.807, 2.05) is 11.3 Å². The molecule has 0 bridgehead atoms. The number of nitrogens with zero attached hydrogens (tertiary/aromatic N) is 3. The predicted molar refractivity (Wildman–Crippen MR) is 85.6 cm³/mol. The van der Waals surface area contributed by atoms with E-state index in [-0.39, 0.29) is 0 Å². The van der Waals surface area contributed by atoms with Gasteiger partial charge in [-0.3, -0.25) is 0 Å². The molecule has 2 aliphatic rings. The molecule has 0 radical (unpaired) electrons. The first-order valence-electron chi connectivity index (χ1n) is 7.86. The van der Waals surface area contributed by atoms with E-state index in [9.17, 15) is 0 Å². The second-order valence-electron chi connectivity index (χ2n) is 5.82. The minimum Gasteiger partial charge on any atom is -0.372 e. The Balaban J connectivity index is 1.69. The van der Waals surface area contributed by atoms with E-state index < -0.39 is 0 Å². The molecule has 0 amide bonds. The monoisotopic (exact) mass is 292 g/mol. The molecule has 1 N–H and O–H groups in total. The van der Waals surface area contributed by atoms with Crippen LogP contribution in [0.4, 0.5) is 5.13 Å². The SMILES string of the molecule is CCCCNC1=NN(c2nc3c(s2)CCCC3)CC1C. The zero-order valence-electron chi connectivity index (χ0n) is 12.5. The van der Waals surface area contributed by atoms with Gasteiger partial charge in [-0.25, -0.2) is 9.99 Å². The van der Waals surface area contributed by atoms with Gasteiger partial charge in [0.05, 0.1) is 12.2 Å². The maximum absolute atomic E-state index is 4.81. The lowest BCUT2D eigenvalue weighted by molar-refractivity contribution is 0.680. The fraction of sp³-hybridized carbons (Fsp3) is 0.733. The first-order chi connectivity index (χ1) is 9.78. The number of fused-ring (bicyclic) bond motifs is 1. The second-order valence-corrected chi connectivity index (χ2v) is 6.88. The zero-order valence-corrected chi connectivity index (χ0v) is 13.3. The number of hydrogen-bond donors (Lipinski definition) is 1. The van der Waals surface area contributed by atoms with Gasteiger partial charge in [0.15, 0.2) is 0 Å². The Morgan fingerprint density at radius 2 is 2.20 bits per heavy atom. The van der Waals surface area contributed by atoms with Crippen molar-refractivity contribution in [3.05, 3.63) is 10.6 Å². The van der Waals surface area contributed by atoms with Crippen molar-refractivity contribution in [2.75, 3.05) is 18.1 Å². The standard InChI is InChI=1S/C15H24N4S/c1-3-4-9-16-14-11(2)10-19(18-14)15-17-12-7-5-6-8-13(12)20-15/h11H,3-10H2,1-2H3,(H,16,18). The Bertz CT molecular complexity index is 471. The van der Waals surface area contributed by atoms with E-state index in [1.54, 1.807) is 0 Å². The van der Waals surface area contributed by atoms with Gasteiger partial charge in [0.1, 0.15) is 5.84 Å². The molecule has 3 rings (SSSR count). The van der Waals surface area contributed by atoms with Crippen molar-refractivity contribution < 1.29 is 0 Å². The van der Waals surface area contributed by atoms with Crippen LogP contribution in [0.5, 0.6) is 0 Å². The smallest absolute Gasteiger partial charge is 0.206 e. The molecule has 110 valence electrons. The van der Waals surface area contributed by atoms with E-state index in [4.69, 9.17) is 10.1 Å². The van der Waals surface area contributed by atoms with Crippen molar-refractivity contribution >= 4 is 22.3 Å². The Hall–Kier alpha value is -1.10. The number of hydrazone groups is 1. The van der Waals surface area contributed by atoms with Gasteiger partial charge in [-0.2, -0.15) is 5.10 Å². The third-order valence-electron chi connectivity index (χ3n) is 4.03. The third-order valence-corrected chi connectivity index (χ3v) is 5.20. The number of anilines is 1. The summed E-state index contributed by atoms with van der Waals surface area (Å²) in [6.45, 7) is 6.45. The van der Waals surface area contributed by atoms with E-state index >= 15 is 0 Å². The van der Waals surface area contributed by atoms with Crippen LogP contribution in [0, 0.1) is 5.92 Å². The van der Waals surface area contributed by atoms with Crippen LogP contribution in [0.25, 0.3) is 0 Å². The molecule has 4 nitrogen and oxygen atoms in total. The first kappa shape index (κ1) is 13.9. The molecule has 1 aliphatic carbocycles. The number of hydrogen-bond acceptors (Lipinski definition) is 5. The lowest BCUT2D eigenvalue weighted by Gasteiger charge is -2.09. The fourth-order valence-corrected chi connectivity index (χ4v) is 3.90. The Labute approximate surface area is 125 Å². The highest BCUT2D eigenvalue weighted by Gasteiger charge is 2.26. The quantitative estimate of drug-likeness (QED) is 0.867. The minimum absolute atomic E-state index is 0.479. The number of nitrogens with one attached hydrogen (secondary N) is 1. The minimum atomic E-state index is 0.479. The van der Waals surface area contributed by atoms with Crippen LogP contribution >= 0.6 is 11.3 Å². The van der Waals surface area contributed by atoms with Gasteiger partial charge in [0, 0.05) is 17.3 Å². The number of unbranched alkanes of at least 4 members (excludes halogenated alkanes) is 1. The summed E-state index contributed by atoms with van der Waals surface area (Å²) >= 11 is 1.84. The molecule has 2 heterocycles. The van der Waals surface area contributed by atoms with E-state index in [0.29, 0.717) is 5.92 Å². The normalized spacial score (nSPS) is 21.8. The summed E-state index contributed by atoms with van der Waals surface area (Å²) in [6, 6.07) is 0. The summed E-state index contributed by atoms with van der Waals surface area (Å²) in [6.07, 6.45) is 7.40. The summed E-state index contributed by atoms with van der Waals surface area (Å²) in [7, 11) is 0. The highest BCUT2D eigenvalue weighted by atomic mass is 32.1. The van der Waals surface area contributed by atoms with Crippen molar-refractivity contribution in [1.29, 1.82) is 0 Å². The van der Waals surface area contributed by atoms with Crippen LogP contribution in [-0.2, 0) is 12.8 Å². The molecule has 20 heavy (non-hydrogen) atoms. The van der Waals surface area contributed by atoms with Crippen LogP contribution in [0.3, 0.4) is 0 Å². The van der Waals surface area contributed by atoms with Gasteiger partial charge >= 0.3 is 0 Å². The maximum Gasteiger partial charge on any atom is 0.206 e. The van der Waals surface area contributed by atoms with Gasteiger partial charge < -0.3 is 5.32 Å². The van der Waals surface area contributed by atoms with Crippen molar-refractivity contribution in [2.45, 2.75) is 52.4 Å². The third kappa shape index (κ3) is 2.82. The van der Waals surface area contributed by atoms with Crippen molar-refractivity contribution in [2.24, 2.45) is 11.0 Å². The first-order valence-corrected chi connectivity index (χ1v) is 8.68. The van der Waals surface area contributed by atoms with Crippen molar-refractivity contribution in [1.82, 2.24) is 10.3 Å². The van der Waals surface area contributed by atoms with Gasteiger partial charge in [-0.05, 0) is 32.1 Å². The zero-order chi connectivity index (χ0) is 13.9. The van der Waals surface area contributed by atoms with E-state index in [0.717, 1.165) is 30.5 Å². The molecule has 0 aromatic carbocycles.